The molecule has 0 atom stereocenters. The zero-order valence-corrected chi connectivity index (χ0v) is 16.1. The third-order valence-electron chi connectivity index (χ3n) is 4.60. The fraction of sp³-hybridized carbons (Fsp3) is 0.130. The van der Waals surface area contributed by atoms with E-state index in [0.29, 0.717) is 39.7 Å². The Labute approximate surface area is 167 Å². The van der Waals surface area contributed by atoms with Crippen molar-refractivity contribution in [3.05, 3.63) is 82.5 Å². The first-order valence-electron chi connectivity index (χ1n) is 8.97. The highest BCUT2D eigenvalue weighted by Gasteiger charge is 2.31. The normalized spacial score (nSPS) is 13.9. The van der Waals surface area contributed by atoms with Crippen LogP contribution in [0.2, 0.25) is 0 Å². The lowest BCUT2D eigenvalue weighted by Crippen LogP contribution is -2.11. The van der Waals surface area contributed by atoms with Gasteiger partial charge in [0, 0.05) is 11.6 Å². The molecule has 0 fully saturated rings. The summed E-state index contributed by atoms with van der Waals surface area (Å²) in [7, 11) is 1.49. The van der Waals surface area contributed by atoms with Crippen LogP contribution in [0.5, 0.6) is 17.2 Å². The van der Waals surface area contributed by atoms with Gasteiger partial charge < -0.3 is 18.6 Å². The number of ether oxygens (including phenoxy) is 3. The number of hydrogen-bond acceptors (Lipinski definition) is 6. The highest BCUT2D eigenvalue weighted by atomic mass is 16.5. The number of rotatable bonds is 4. The van der Waals surface area contributed by atoms with E-state index in [2.05, 4.69) is 0 Å². The summed E-state index contributed by atoms with van der Waals surface area (Å²) >= 11 is 0. The van der Waals surface area contributed by atoms with Gasteiger partial charge in [-0.05, 0) is 50.2 Å². The largest absolute Gasteiger partial charge is 0.496 e. The molecule has 1 aliphatic rings. The molecule has 2 aromatic carbocycles. The number of fused-ring (bicyclic) bond motifs is 1. The van der Waals surface area contributed by atoms with Crippen molar-refractivity contribution in [3.8, 4) is 17.2 Å². The Hall–Kier alpha value is -3.80. The lowest BCUT2D eigenvalue weighted by atomic mass is 10.1. The van der Waals surface area contributed by atoms with E-state index in [1.165, 1.54) is 7.11 Å². The molecule has 0 spiro atoms. The van der Waals surface area contributed by atoms with Crippen LogP contribution in [0.15, 0.2) is 58.7 Å². The number of furan rings is 1. The molecule has 1 aromatic heterocycles. The summed E-state index contributed by atoms with van der Waals surface area (Å²) in [6.07, 6.45) is 1.55. The summed E-state index contributed by atoms with van der Waals surface area (Å²) in [4.78, 5) is 25.2. The molecule has 0 aliphatic carbocycles. The number of carbonyl (C=O) groups is 2. The van der Waals surface area contributed by atoms with E-state index in [1.54, 1.807) is 61.5 Å². The Bertz CT molecular complexity index is 1150. The van der Waals surface area contributed by atoms with Crippen LogP contribution in [0, 0.1) is 13.8 Å². The zero-order chi connectivity index (χ0) is 20.5. The number of methoxy groups -OCH3 is 1. The average Bonchev–Trinajstić information content (AvgIpc) is 3.27. The van der Waals surface area contributed by atoms with Gasteiger partial charge in [0.1, 0.15) is 34.3 Å². The Kier molecular flexibility index (Phi) is 4.68. The maximum atomic E-state index is 12.6. The Morgan fingerprint density at radius 2 is 1.79 bits per heavy atom. The fourth-order valence-corrected chi connectivity index (χ4v) is 3.11. The summed E-state index contributed by atoms with van der Waals surface area (Å²) in [6.45, 7) is 3.55. The molecule has 4 rings (SSSR count). The quantitative estimate of drug-likeness (QED) is 0.364. The van der Waals surface area contributed by atoms with Crippen LogP contribution in [0.1, 0.15) is 37.8 Å². The van der Waals surface area contributed by atoms with Crippen LogP contribution in [0.25, 0.3) is 6.08 Å². The van der Waals surface area contributed by atoms with Crippen LogP contribution in [-0.4, -0.2) is 18.9 Å². The minimum absolute atomic E-state index is 0.158. The lowest BCUT2D eigenvalue weighted by Gasteiger charge is -2.11. The standard InChI is InChI=1S/C23H18O6/c1-13-8-9-15(27-13)12-20-21(24)17-10-11-18(14(2)22(17)28-20)29-23(25)16-6-4-5-7-19(16)26-3/h4-12H,1-3H3/b20-12-. The maximum absolute atomic E-state index is 12.6. The SMILES string of the molecule is COc1ccccc1C(=O)Oc1ccc2c(c1C)O/C(=C\c1ccc(C)o1)C2=O. The molecular weight excluding hydrogens is 372 g/mol. The predicted molar refractivity (Wildman–Crippen MR) is 106 cm³/mol. The van der Waals surface area contributed by atoms with Crippen LogP contribution in [-0.2, 0) is 0 Å². The second-order valence-corrected chi connectivity index (χ2v) is 6.54. The number of esters is 1. The van der Waals surface area contributed by atoms with Crippen molar-refractivity contribution in [2.75, 3.05) is 7.11 Å². The molecule has 0 saturated heterocycles. The summed E-state index contributed by atoms with van der Waals surface area (Å²) in [5.74, 6) is 1.71. The molecule has 146 valence electrons. The molecule has 6 nitrogen and oxygen atoms in total. The first-order chi connectivity index (χ1) is 14.0. The zero-order valence-electron chi connectivity index (χ0n) is 16.1. The highest BCUT2D eigenvalue weighted by molar-refractivity contribution is 6.14. The minimum Gasteiger partial charge on any atom is -0.496 e. The number of aryl methyl sites for hydroxylation is 1. The molecular formula is C23H18O6. The van der Waals surface area contributed by atoms with Crippen molar-refractivity contribution < 1.29 is 28.2 Å². The Morgan fingerprint density at radius 1 is 1.00 bits per heavy atom. The van der Waals surface area contributed by atoms with Gasteiger partial charge in [0.25, 0.3) is 0 Å². The minimum atomic E-state index is -0.559. The monoisotopic (exact) mass is 390 g/mol. The van der Waals surface area contributed by atoms with Crippen molar-refractivity contribution in [2.24, 2.45) is 0 Å². The smallest absolute Gasteiger partial charge is 0.347 e. The topological polar surface area (TPSA) is 75.0 Å². The van der Waals surface area contributed by atoms with Crippen LogP contribution < -0.4 is 14.2 Å². The summed E-state index contributed by atoms with van der Waals surface area (Å²) in [5.41, 5.74) is 1.27. The molecule has 0 radical (unpaired) electrons. The number of Topliss-reactive ketones (excluding diaryl/α,β-unsaturated/α-hetero) is 1. The van der Waals surface area contributed by atoms with Crippen molar-refractivity contribution in [1.82, 2.24) is 0 Å². The third kappa shape index (κ3) is 3.40. The molecule has 2 heterocycles. The second kappa shape index (κ2) is 7.31. The molecule has 0 amide bonds. The third-order valence-corrected chi connectivity index (χ3v) is 4.60. The Balaban J connectivity index is 1.62. The van der Waals surface area contributed by atoms with E-state index in [9.17, 15) is 9.59 Å². The first kappa shape index (κ1) is 18.6. The van der Waals surface area contributed by atoms with Crippen molar-refractivity contribution in [3.63, 3.8) is 0 Å². The maximum Gasteiger partial charge on any atom is 0.347 e. The van der Waals surface area contributed by atoms with Gasteiger partial charge in [-0.25, -0.2) is 4.79 Å². The number of benzene rings is 2. The molecule has 29 heavy (non-hydrogen) atoms. The van der Waals surface area contributed by atoms with Gasteiger partial charge in [0.05, 0.1) is 12.7 Å². The van der Waals surface area contributed by atoms with Crippen molar-refractivity contribution in [1.29, 1.82) is 0 Å². The number of allylic oxidation sites excluding steroid dienone is 1. The lowest BCUT2D eigenvalue weighted by molar-refractivity contribution is 0.0729. The van der Waals surface area contributed by atoms with Gasteiger partial charge >= 0.3 is 5.97 Å². The molecule has 0 N–H and O–H groups in total. The van der Waals surface area contributed by atoms with Crippen molar-refractivity contribution in [2.45, 2.75) is 13.8 Å². The van der Waals surface area contributed by atoms with Gasteiger partial charge in [0.15, 0.2) is 5.76 Å². The number of ketones is 1. The predicted octanol–water partition coefficient (Wildman–Crippen LogP) is 4.74. The van der Waals surface area contributed by atoms with Gasteiger partial charge in [-0.1, -0.05) is 12.1 Å². The van der Waals surface area contributed by atoms with E-state index in [1.807, 2.05) is 6.92 Å². The van der Waals surface area contributed by atoms with Gasteiger partial charge in [-0.15, -0.1) is 0 Å². The summed E-state index contributed by atoms with van der Waals surface area (Å²) < 4.78 is 22.0. The van der Waals surface area contributed by atoms with Crippen LogP contribution in [0.4, 0.5) is 0 Å². The van der Waals surface area contributed by atoms with Crippen LogP contribution >= 0.6 is 0 Å². The average molecular weight is 390 g/mol. The van der Waals surface area contributed by atoms with E-state index < -0.39 is 5.97 Å². The Morgan fingerprint density at radius 3 is 2.52 bits per heavy atom. The van der Waals surface area contributed by atoms with E-state index in [0.717, 1.165) is 5.76 Å². The molecule has 0 saturated carbocycles. The number of hydrogen-bond donors (Lipinski definition) is 0. The van der Waals surface area contributed by atoms with Gasteiger partial charge in [0.2, 0.25) is 5.78 Å². The number of carbonyl (C=O) groups excluding carboxylic acids is 2. The molecule has 0 unspecified atom stereocenters. The van der Waals surface area contributed by atoms with Gasteiger partial charge in [-0.2, -0.15) is 0 Å². The second-order valence-electron chi connectivity index (χ2n) is 6.54. The van der Waals surface area contributed by atoms with Crippen LogP contribution in [0.3, 0.4) is 0 Å². The summed E-state index contributed by atoms with van der Waals surface area (Å²) in [5, 5.41) is 0. The summed E-state index contributed by atoms with van der Waals surface area (Å²) in [6, 6.07) is 13.5. The van der Waals surface area contributed by atoms with E-state index in [-0.39, 0.29) is 11.5 Å². The number of para-hydroxylation sites is 1. The molecule has 3 aromatic rings. The van der Waals surface area contributed by atoms with E-state index in [4.69, 9.17) is 18.6 Å². The van der Waals surface area contributed by atoms with Crippen molar-refractivity contribution >= 4 is 17.8 Å². The fourth-order valence-electron chi connectivity index (χ4n) is 3.11. The van der Waals surface area contributed by atoms with Gasteiger partial charge in [-0.3, -0.25) is 4.79 Å². The molecule has 6 heteroatoms. The molecule has 0 bridgehead atoms. The first-order valence-corrected chi connectivity index (χ1v) is 8.97. The highest BCUT2D eigenvalue weighted by Crippen LogP contribution is 2.39. The van der Waals surface area contributed by atoms with E-state index >= 15 is 0 Å². The molecule has 1 aliphatic heterocycles.